The van der Waals surface area contributed by atoms with Gasteiger partial charge < -0.3 is 0 Å². The van der Waals surface area contributed by atoms with Gasteiger partial charge in [-0.3, -0.25) is 8.99 Å². The summed E-state index contributed by atoms with van der Waals surface area (Å²) in [7, 11) is 0. The van der Waals surface area contributed by atoms with Crippen molar-refractivity contribution in [1.82, 2.24) is 0 Å². The van der Waals surface area contributed by atoms with Crippen LogP contribution in [0.1, 0.15) is 38.3 Å². The Morgan fingerprint density at radius 2 is 1.67 bits per heavy atom. The van der Waals surface area contributed by atoms with Crippen LogP contribution in [0.4, 0.5) is 0 Å². The molecule has 0 radical (unpaired) electrons. The molecule has 6 rings (SSSR count). The number of hydrogen-bond donors (Lipinski definition) is 0. The number of aryl methyl sites for hydroxylation is 1. The highest BCUT2D eigenvalue weighted by Crippen LogP contribution is 2.43. The number of fused-ring (bicyclic) bond motifs is 4. The van der Waals surface area contributed by atoms with Crippen LogP contribution < -0.4 is 0 Å². The Labute approximate surface area is 212 Å². The minimum atomic E-state index is 0.207. The molecule has 2 heteroatoms. The number of benzene rings is 4. The molecule has 0 fully saturated rings. The van der Waals surface area contributed by atoms with Gasteiger partial charge in [-0.1, -0.05) is 105 Å². The summed E-state index contributed by atoms with van der Waals surface area (Å²) in [5.74, 6) is 0. The fourth-order valence-electron chi connectivity index (χ4n) is 5.50. The molecule has 0 bridgehead atoms. The second-order valence-corrected chi connectivity index (χ2v) is 11.1. The Morgan fingerprint density at radius 3 is 2.50 bits per heavy atom. The molecule has 1 aliphatic rings. The zero-order valence-electron chi connectivity index (χ0n) is 21.4. The SMILES string of the molecule is C=[N+]1C=CC(CC(C)(C)C)=C[C-]1c1c(C)ccc2c1[o+][c-]1cccc(-c3cccc4ccccc34)c21. The van der Waals surface area contributed by atoms with Crippen LogP contribution in [0.15, 0.2) is 101 Å². The standard InChI is InChI=1S/C34H31NO/c1-22-16-17-28-32-27(26-13-8-11-24-10-6-7-12-25(24)26)14-9-15-30(32)36-33(28)31(22)29-20-23(18-19-35(29)5)21-34(2,3)4/h6-20H,5,21H2,1-4H3. The van der Waals surface area contributed by atoms with E-state index in [1.54, 1.807) is 0 Å². The first-order valence-electron chi connectivity index (χ1n) is 12.6. The molecule has 0 aliphatic carbocycles. The molecule has 4 aromatic carbocycles. The quantitative estimate of drug-likeness (QED) is 0.146. The van der Waals surface area contributed by atoms with Gasteiger partial charge in [-0.15, -0.1) is 12.1 Å². The summed E-state index contributed by atoms with van der Waals surface area (Å²) < 4.78 is 8.61. The molecule has 2 nitrogen and oxygen atoms in total. The van der Waals surface area contributed by atoms with E-state index in [-0.39, 0.29) is 5.41 Å². The highest BCUT2D eigenvalue weighted by molar-refractivity contribution is 6.16. The fourth-order valence-corrected chi connectivity index (χ4v) is 5.50. The number of hydrogen-bond acceptors (Lipinski definition) is 0. The minimum absolute atomic E-state index is 0.207. The number of rotatable bonds is 3. The molecule has 178 valence electrons. The van der Waals surface area contributed by atoms with E-state index in [2.05, 4.69) is 126 Å². The molecule has 1 aromatic heterocycles. The summed E-state index contributed by atoms with van der Waals surface area (Å²) >= 11 is 0. The molecule has 0 saturated heterocycles. The third-order valence-electron chi connectivity index (χ3n) is 7.04. The summed E-state index contributed by atoms with van der Waals surface area (Å²) in [6, 6.07) is 27.0. The molecule has 0 N–H and O–H groups in total. The number of nitrogens with zero attached hydrogens (tertiary/aromatic N) is 1. The van der Waals surface area contributed by atoms with Gasteiger partial charge in [0.25, 0.3) is 11.2 Å². The van der Waals surface area contributed by atoms with Crippen molar-refractivity contribution in [1.29, 1.82) is 0 Å². The van der Waals surface area contributed by atoms with E-state index in [0.717, 1.165) is 40.0 Å². The lowest BCUT2D eigenvalue weighted by molar-refractivity contribution is -0.418. The predicted molar refractivity (Wildman–Crippen MR) is 152 cm³/mol. The van der Waals surface area contributed by atoms with Gasteiger partial charge in [0.05, 0.1) is 12.3 Å². The average Bonchev–Trinajstić information content (AvgIpc) is 3.23. The van der Waals surface area contributed by atoms with Gasteiger partial charge in [0.15, 0.2) is 6.04 Å². The van der Waals surface area contributed by atoms with Gasteiger partial charge in [0, 0.05) is 0 Å². The van der Waals surface area contributed by atoms with Crippen molar-refractivity contribution in [2.45, 2.75) is 34.1 Å². The Hall–Kier alpha value is -4.04. The molecule has 5 aromatic rings. The van der Waals surface area contributed by atoms with Crippen molar-refractivity contribution in [3.8, 4) is 11.1 Å². The maximum Gasteiger partial charge on any atom is 0.279 e. The van der Waals surface area contributed by atoms with Crippen molar-refractivity contribution in [2.24, 2.45) is 5.41 Å². The smallest absolute Gasteiger partial charge is 0.279 e. The Bertz CT molecular complexity index is 1720. The molecule has 0 spiro atoms. The summed E-state index contributed by atoms with van der Waals surface area (Å²) in [6.07, 6.45) is 7.52. The van der Waals surface area contributed by atoms with Crippen LogP contribution in [-0.4, -0.2) is 11.3 Å². The zero-order valence-corrected chi connectivity index (χ0v) is 21.4. The molecular formula is C34H31NO. The monoisotopic (exact) mass is 469 g/mol. The molecular weight excluding hydrogens is 438 g/mol. The van der Waals surface area contributed by atoms with Gasteiger partial charge in [0.2, 0.25) is 0 Å². The van der Waals surface area contributed by atoms with Gasteiger partial charge in [-0.2, -0.15) is 0 Å². The topological polar surface area (TPSA) is 14.3 Å². The first kappa shape index (κ1) is 22.4. The Morgan fingerprint density at radius 1 is 0.889 bits per heavy atom. The summed E-state index contributed by atoms with van der Waals surface area (Å²) in [5.41, 5.74) is 8.05. The third-order valence-corrected chi connectivity index (χ3v) is 7.04. The third kappa shape index (κ3) is 3.74. The maximum absolute atomic E-state index is 6.65. The van der Waals surface area contributed by atoms with Crippen LogP contribution in [0.2, 0.25) is 0 Å². The first-order valence-corrected chi connectivity index (χ1v) is 12.6. The normalized spacial score (nSPS) is 14.3. The summed E-state index contributed by atoms with van der Waals surface area (Å²) in [6.45, 7) is 13.3. The minimum Gasteiger partial charge on any atom is -0.286 e. The van der Waals surface area contributed by atoms with Gasteiger partial charge in [-0.05, 0) is 51.1 Å². The first-order chi connectivity index (χ1) is 17.3. The number of allylic oxidation sites excluding steroid dienone is 2. The molecule has 36 heavy (non-hydrogen) atoms. The van der Waals surface area contributed by atoms with Crippen molar-refractivity contribution < 1.29 is 8.99 Å². The maximum atomic E-state index is 6.65. The van der Waals surface area contributed by atoms with E-state index in [0.29, 0.717) is 0 Å². The van der Waals surface area contributed by atoms with Crippen molar-refractivity contribution >= 4 is 39.4 Å². The van der Waals surface area contributed by atoms with E-state index in [1.807, 2.05) is 4.58 Å². The summed E-state index contributed by atoms with van der Waals surface area (Å²) in [5, 5.41) is 4.78. The van der Waals surface area contributed by atoms with E-state index < -0.39 is 0 Å². The average molecular weight is 470 g/mol. The fraction of sp³-hybridized carbons (Fsp3) is 0.176. The highest BCUT2D eigenvalue weighted by Gasteiger charge is 2.28. The predicted octanol–water partition coefficient (Wildman–Crippen LogP) is 9.20. The Balaban J connectivity index is 1.60. The second-order valence-electron chi connectivity index (χ2n) is 11.1. The number of furan rings is 1. The van der Waals surface area contributed by atoms with E-state index in [4.69, 9.17) is 4.42 Å². The molecule has 2 heterocycles. The van der Waals surface area contributed by atoms with Crippen molar-refractivity contribution in [2.75, 3.05) is 0 Å². The molecule has 0 atom stereocenters. The van der Waals surface area contributed by atoms with Crippen LogP contribution in [-0.2, 0) is 0 Å². The largest absolute Gasteiger partial charge is 0.286 e. The molecule has 0 saturated carbocycles. The lowest BCUT2D eigenvalue weighted by Gasteiger charge is -2.25. The summed E-state index contributed by atoms with van der Waals surface area (Å²) in [4.78, 5) is 0. The van der Waals surface area contributed by atoms with Gasteiger partial charge >= 0.3 is 0 Å². The lowest BCUT2D eigenvalue weighted by atomic mass is 9.85. The van der Waals surface area contributed by atoms with E-state index in [1.165, 1.54) is 33.0 Å². The van der Waals surface area contributed by atoms with Gasteiger partial charge in [-0.25, -0.2) is 0 Å². The van der Waals surface area contributed by atoms with Gasteiger partial charge in [0.1, 0.15) is 6.20 Å². The van der Waals surface area contributed by atoms with E-state index >= 15 is 0 Å². The molecule has 1 aliphatic heterocycles. The van der Waals surface area contributed by atoms with Crippen LogP contribution in [0.25, 0.3) is 43.8 Å². The van der Waals surface area contributed by atoms with Crippen molar-refractivity contribution in [3.05, 3.63) is 114 Å². The van der Waals surface area contributed by atoms with Crippen LogP contribution in [0, 0.1) is 18.4 Å². The highest BCUT2D eigenvalue weighted by atomic mass is 16.3. The molecule has 0 unspecified atom stereocenters. The van der Waals surface area contributed by atoms with Crippen LogP contribution in [0.5, 0.6) is 0 Å². The Kier molecular flexibility index (Phi) is 5.15. The zero-order chi connectivity index (χ0) is 25.0. The van der Waals surface area contributed by atoms with Crippen LogP contribution in [0.3, 0.4) is 0 Å². The van der Waals surface area contributed by atoms with Crippen LogP contribution >= 0.6 is 0 Å². The second kappa shape index (κ2) is 8.27. The lowest BCUT2D eigenvalue weighted by Crippen LogP contribution is -2.17. The molecule has 0 amide bonds. The van der Waals surface area contributed by atoms with E-state index in [9.17, 15) is 0 Å². The van der Waals surface area contributed by atoms with Crippen molar-refractivity contribution in [3.63, 3.8) is 0 Å².